The van der Waals surface area contributed by atoms with Gasteiger partial charge in [0, 0.05) is 11.6 Å². The third kappa shape index (κ3) is 2.94. The zero-order valence-electron chi connectivity index (χ0n) is 13.4. The second-order valence-electron chi connectivity index (χ2n) is 5.49. The van der Waals surface area contributed by atoms with E-state index in [1.807, 2.05) is 6.07 Å². The van der Waals surface area contributed by atoms with Crippen LogP contribution < -0.4 is 19.9 Å². The number of piperidine rings is 1. The van der Waals surface area contributed by atoms with Gasteiger partial charge in [0.15, 0.2) is 11.5 Å². The van der Waals surface area contributed by atoms with E-state index in [1.54, 1.807) is 21.3 Å². The summed E-state index contributed by atoms with van der Waals surface area (Å²) in [7, 11) is 7.07. The first-order chi connectivity index (χ1) is 10.2. The van der Waals surface area contributed by atoms with Crippen LogP contribution >= 0.6 is 0 Å². The lowest BCUT2D eigenvalue weighted by Gasteiger charge is -2.39. The molecule has 2 atom stereocenters. The lowest BCUT2D eigenvalue weighted by atomic mass is 9.84. The van der Waals surface area contributed by atoms with Crippen LogP contribution in [0.3, 0.4) is 0 Å². The van der Waals surface area contributed by atoms with Gasteiger partial charge in [-0.2, -0.15) is 0 Å². The van der Waals surface area contributed by atoms with Gasteiger partial charge >= 0.3 is 0 Å². The van der Waals surface area contributed by atoms with Crippen molar-refractivity contribution in [3.63, 3.8) is 0 Å². The minimum Gasteiger partial charge on any atom is -0.493 e. The monoisotopic (exact) mass is 294 g/mol. The van der Waals surface area contributed by atoms with Gasteiger partial charge in [0.05, 0.1) is 21.3 Å². The van der Waals surface area contributed by atoms with Crippen LogP contribution in [-0.2, 0) is 0 Å². The number of ether oxygens (including phenoxy) is 3. The summed E-state index contributed by atoms with van der Waals surface area (Å²) in [6.07, 6.45) is 2.33. The summed E-state index contributed by atoms with van der Waals surface area (Å²) in [5, 5.41) is 0. The van der Waals surface area contributed by atoms with E-state index >= 15 is 0 Å². The molecule has 2 unspecified atom stereocenters. The maximum atomic E-state index is 5.99. The van der Waals surface area contributed by atoms with E-state index in [2.05, 4.69) is 18.0 Å². The molecular weight excluding hydrogens is 268 g/mol. The molecule has 0 saturated carbocycles. The summed E-state index contributed by atoms with van der Waals surface area (Å²) in [4.78, 5) is 2.35. The largest absolute Gasteiger partial charge is 0.493 e. The molecule has 5 heteroatoms. The molecule has 1 aromatic carbocycles. The minimum absolute atomic E-state index is 0.249. The predicted octanol–water partition coefficient (Wildman–Crippen LogP) is 2.05. The van der Waals surface area contributed by atoms with E-state index in [0.717, 1.165) is 24.3 Å². The molecule has 1 aromatic rings. The Morgan fingerprint density at radius 1 is 1.14 bits per heavy atom. The van der Waals surface area contributed by atoms with E-state index in [9.17, 15) is 0 Å². The summed E-state index contributed by atoms with van der Waals surface area (Å²) in [5.74, 6) is 2.50. The Hall–Kier alpha value is -1.46. The predicted molar refractivity (Wildman–Crippen MR) is 83.2 cm³/mol. The van der Waals surface area contributed by atoms with Crippen LogP contribution in [-0.4, -0.2) is 46.4 Å². The van der Waals surface area contributed by atoms with Crippen LogP contribution in [0.2, 0.25) is 0 Å². The summed E-state index contributed by atoms with van der Waals surface area (Å²) in [5.41, 5.74) is 7.11. The van der Waals surface area contributed by atoms with Gasteiger partial charge in [0.25, 0.3) is 0 Å². The van der Waals surface area contributed by atoms with Crippen molar-refractivity contribution >= 4 is 0 Å². The molecule has 1 aliphatic heterocycles. The molecule has 1 aliphatic rings. The molecule has 21 heavy (non-hydrogen) atoms. The van der Waals surface area contributed by atoms with Crippen molar-refractivity contribution in [3.05, 3.63) is 17.7 Å². The number of hydrogen-bond acceptors (Lipinski definition) is 5. The lowest BCUT2D eigenvalue weighted by molar-refractivity contribution is 0.122. The quantitative estimate of drug-likeness (QED) is 0.901. The van der Waals surface area contributed by atoms with E-state index in [4.69, 9.17) is 19.9 Å². The molecule has 0 bridgehead atoms. The molecule has 0 radical (unpaired) electrons. The highest BCUT2D eigenvalue weighted by atomic mass is 16.5. The SMILES string of the molecule is COc1ccc(C2C(CN)CCCN2C)c(OC)c1OC. The molecular formula is C16H26N2O3. The van der Waals surface area contributed by atoms with Crippen LogP contribution in [0.4, 0.5) is 0 Å². The molecule has 0 aromatic heterocycles. The van der Waals surface area contributed by atoms with E-state index in [1.165, 1.54) is 6.42 Å². The molecule has 0 spiro atoms. The number of nitrogens with two attached hydrogens (primary N) is 1. The first kappa shape index (κ1) is 15.9. The molecule has 118 valence electrons. The summed E-state index contributed by atoms with van der Waals surface area (Å²) >= 11 is 0. The third-order valence-electron chi connectivity index (χ3n) is 4.36. The van der Waals surface area contributed by atoms with Crippen LogP contribution in [0, 0.1) is 5.92 Å². The van der Waals surface area contributed by atoms with Gasteiger partial charge in [0.2, 0.25) is 5.75 Å². The highest BCUT2D eigenvalue weighted by molar-refractivity contribution is 5.56. The van der Waals surface area contributed by atoms with Crippen molar-refractivity contribution in [2.75, 3.05) is 41.5 Å². The van der Waals surface area contributed by atoms with Crippen molar-refractivity contribution in [3.8, 4) is 17.2 Å². The highest BCUT2D eigenvalue weighted by Gasteiger charge is 2.33. The molecule has 2 rings (SSSR count). The Kier molecular flexibility index (Phi) is 5.31. The van der Waals surface area contributed by atoms with E-state index < -0.39 is 0 Å². The number of hydrogen-bond donors (Lipinski definition) is 1. The fourth-order valence-electron chi connectivity index (χ4n) is 3.36. The standard InChI is InChI=1S/C16H26N2O3/c1-18-9-5-6-11(10-17)14(18)12-7-8-13(19-2)16(21-4)15(12)20-3/h7-8,11,14H,5-6,9-10,17H2,1-4H3. The minimum atomic E-state index is 0.249. The van der Waals surface area contributed by atoms with Crippen molar-refractivity contribution in [1.29, 1.82) is 0 Å². The van der Waals surface area contributed by atoms with Gasteiger partial charge in [-0.05, 0) is 51.0 Å². The number of rotatable bonds is 5. The van der Waals surface area contributed by atoms with Gasteiger partial charge in [-0.25, -0.2) is 0 Å². The average Bonchev–Trinajstić information content (AvgIpc) is 2.52. The average molecular weight is 294 g/mol. The Morgan fingerprint density at radius 3 is 2.43 bits per heavy atom. The Bertz CT molecular complexity index is 479. The number of benzene rings is 1. The maximum Gasteiger partial charge on any atom is 0.203 e. The van der Waals surface area contributed by atoms with E-state index in [0.29, 0.717) is 24.0 Å². The normalized spacial score (nSPS) is 22.9. The zero-order valence-corrected chi connectivity index (χ0v) is 13.4. The van der Waals surface area contributed by atoms with Crippen LogP contribution in [0.5, 0.6) is 17.2 Å². The van der Waals surface area contributed by atoms with Crippen molar-refractivity contribution in [2.45, 2.75) is 18.9 Å². The molecule has 1 saturated heterocycles. The highest BCUT2D eigenvalue weighted by Crippen LogP contribution is 2.46. The zero-order chi connectivity index (χ0) is 15.4. The number of methoxy groups -OCH3 is 3. The summed E-state index contributed by atoms with van der Waals surface area (Å²) < 4.78 is 16.5. The Balaban J connectivity index is 2.51. The topological polar surface area (TPSA) is 57.0 Å². The number of nitrogens with zero attached hydrogens (tertiary/aromatic N) is 1. The maximum absolute atomic E-state index is 5.99. The summed E-state index contributed by atoms with van der Waals surface area (Å²) in [6, 6.07) is 4.25. The molecule has 2 N–H and O–H groups in total. The van der Waals surface area contributed by atoms with Crippen LogP contribution in [0.15, 0.2) is 12.1 Å². The van der Waals surface area contributed by atoms with Crippen LogP contribution in [0.1, 0.15) is 24.4 Å². The molecule has 5 nitrogen and oxygen atoms in total. The second-order valence-corrected chi connectivity index (χ2v) is 5.49. The fraction of sp³-hybridized carbons (Fsp3) is 0.625. The summed E-state index contributed by atoms with van der Waals surface area (Å²) in [6.45, 7) is 1.74. The molecule has 1 fully saturated rings. The second kappa shape index (κ2) is 7.00. The Labute approximate surface area is 127 Å². The van der Waals surface area contributed by atoms with Gasteiger partial charge in [-0.3, -0.25) is 4.90 Å². The van der Waals surface area contributed by atoms with E-state index in [-0.39, 0.29) is 6.04 Å². The van der Waals surface area contributed by atoms with Crippen molar-refractivity contribution in [1.82, 2.24) is 4.90 Å². The van der Waals surface area contributed by atoms with Crippen molar-refractivity contribution in [2.24, 2.45) is 11.7 Å². The van der Waals surface area contributed by atoms with Gasteiger partial charge in [-0.15, -0.1) is 0 Å². The third-order valence-corrected chi connectivity index (χ3v) is 4.36. The lowest BCUT2D eigenvalue weighted by Crippen LogP contribution is -2.39. The van der Waals surface area contributed by atoms with Gasteiger partial charge < -0.3 is 19.9 Å². The first-order valence-corrected chi connectivity index (χ1v) is 7.37. The smallest absolute Gasteiger partial charge is 0.203 e. The molecule has 0 aliphatic carbocycles. The van der Waals surface area contributed by atoms with Gasteiger partial charge in [-0.1, -0.05) is 0 Å². The van der Waals surface area contributed by atoms with Gasteiger partial charge in [0.1, 0.15) is 0 Å². The molecule has 0 amide bonds. The first-order valence-electron chi connectivity index (χ1n) is 7.37. The molecule has 1 heterocycles. The fourth-order valence-corrected chi connectivity index (χ4v) is 3.36. The Morgan fingerprint density at radius 2 is 1.86 bits per heavy atom. The van der Waals surface area contributed by atoms with Crippen LogP contribution in [0.25, 0.3) is 0 Å². The number of likely N-dealkylation sites (tertiary alicyclic amines) is 1. The van der Waals surface area contributed by atoms with Crippen molar-refractivity contribution < 1.29 is 14.2 Å².